The number of nitrogens with zero attached hydrogens (tertiary/aromatic N) is 2. The maximum absolute atomic E-state index is 12.6. The first-order chi connectivity index (χ1) is 15.5. The van der Waals surface area contributed by atoms with Gasteiger partial charge < -0.3 is 10.6 Å². The lowest BCUT2D eigenvalue weighted by Crippen LogP contribution is -2.37. The summed E-state index contributed by atoms with van der Waals surface area (Å²) in [6.07, 6.45) is 2.48. The number of hydrogen-bond donors (Lipinski definition) is 2. The molecule has 1 heterocycles. The molecule has 0 unspecified atom stereocenters. The second-order valence-electron chi connectivity index (χ2n) is 8.27. The molecule has 1 saturated carbocycles. The molecule has 6 nitrogen and oxygen atoms in total. The molecule has 0 bridgehead atoms. The fourth-order valence-electron chi connectivity index (χ4n) is 3.57. The summed E-state index contributed by atoms with van der Waals surface area (Å²) in [6.45, 7) is 4.84. The fourth-order valence-corrected chi connectivity index (χ4v) is 4.31. The van der Waals surface area contributed by atoms with Gasteiger partial charge in [0.25, 0.3) is 0 Å². The second-order valence-corrected chi connectivity index (χ2v) is 9.13. The Labute approximate surface area is 192 Å². The van der Waals surface area contributed by atoms with Crippen molar-refractivity contribution < 1.29 is 9.59 Å². The van der Waals surface area contributed by atoms with Crippen LogP contribution >= 0.6 is 11.3 Å². The average molecular weight is 449 g/mol. The van der Waals surface area contributed by atoms with Crippen molar-refractivity contribution in [3.05, 3.63) is 65.0 Å². The first kappa shape index (κ1) is 22.2. The Morgan fingerprint density at radius 2 is 1.84 bits per heavy atom. The number of hydrogen-bond acceptors (Lipinski definition) is 5. The van der Waals surface area contributed by atoms with Gasteiger partial charge in [0, 0.05) is 35.6 Å². The van der Waals surface area contributed by atoms with Gasteiger partial charge in [-0.25, -0.2) is 4.98 Å². The molecule has 2 N–H and O–H groups in total. The van der Waals surface area contributed by atoms with Crippen LogP contribution in [0.3, 0.4) is 0 Å². The van der Waals surface area contributed by atoms with Gasteiger partial charge in [-0.15, -0.1) is 11.3 Å². The van der Waals surface area contributed by atoms with Crippen LogP contribution in [-0.2, 0) is 9.59 Å². The highest BCUT2D eigenvalue weighted by Gasteiger charge is 2.30. The van der Waals surface area contributed by atoms with E-state index in [1.807, 2.05) is 67.8 Å². The molecular weight excluding hydrogens is 420 g/mol. The maximum atomic E-state index is 12.6. The third kappa shape index (κ3) is 6.02. The average Bonchev–Trinajstić information content (AvgIpc) is 3.53. The summed E-state index contributed by atoms with van der Waals surface area (Å²) in [5.41, 5.74) is 4.88. The molecule has 0 atom stereocenters. The highest BCUT2D eigenvalue weighted by molar-refractivity contribution is 7.14. The number of thiazole rings is 1. The molecule has 3 aromatic rings. The summed E-state index contributed by atoms with van der Waals surface area (Å²) < 4.78 is 0. The van der Waals surface area contributed by atoms with Crippen LogP contribution in [0.5, 0.6) is 0 Å². The van der Waals surface area contributed by atoms with Crippen LogP contribution in [0.2, 0.25) is 0 Å². The van der Waals surface area contributed by atoms with Gasteiger partial charge in [-0.1, -0.05) is 42.5 Å². The van der Waals surface area contributed by atoms with E-state index in [9.17, 15) is 9.59 Å². The van der Waals surface area contributed by atoms with Gasteiger partial charge in [0.15, 0.2) is 5.13 Å². The summed E-state index contributed by atoms with van der Waals surface area (Å²) in [4.78, 5) is 31.7. The number of aryl methyl sites for hydroxylation is 2. The van der Waals surface area contributed by atoms with E-state index in [-0.39, 0.29) is 11.8 Å². The van der Waals surface area contributed by atoms with Gasteiger partial charge in [-0.2, -0.15) is 0 Å². The van der Waals surface area contributed by atoms with E-state index < -0.39 is 0 Å². The maximum Gasteiger partial charge on any atom is 0.238 e. The molecule has 0 saturated heterocycles. The molecule has 2 amide bonds. The van der Waals surface area contributed by atoms with Crippen molar-refractivity contribution in [2.45, 2.75) is 39.2 Å². The van der Waals surface area contributed by atoms with Gasteiger partial charge in [0.05, 0.1) is 12.2 Å². The quantitative estimate of drug-likeness (QED) is 0.490. The first-order valence-corrected chi connectivity index (χ1v) is 11.8. The summed E-state index contributed by atoms with van der Waals surface area (Å²) in [7, 11) is 0. The molecule has 0 spiro atoms. The molecule has 2 aromatic carbocycles. The van der Waals surface area contributed by atoms with Gasteiger partial charge >= 0.3 is 0 Å². The number of anilines is 2. The van der Waals surface area contributed by atoms with Crippen LogP contribution in [0, 0.1) is 13.8 Å². The van der Waals surface area contributed by atoms with Crippen molar-refractivity contribution in [1.82, 2.24) is 9.88 Å². The number of rotatable bonds is 9. The largest absolute Gasteiger partial charge is 0.325 e. The SMILES string of the molecule is Cc1ccc(C)c(NC(=O)CN(CCC(=O)Nc2nc(-c3ccccc3)cs2)C2CC2)c1. The molecule has 0 aliphatic heterocycles. The molecule has 4 rings (SSSR count). The van der Waals surface area contributed by atoms with Crippen molar-refractivity contribution in [2.24, 2.45) is 0 Å². The number of carbonyl (C=O) groups is 2. The Morgan fingerprint density at radius 3 is 2.59 bits per heavy atom. The second kappa shape index (κ2) is 10.1. The Kier molecular flexibility index (Phi) is 6.97. The van der Waals surface area contributed by atoms with E-state index in [1.54, 1.807) is 0 Å². The van der Waals surface area contributed by atoms with Crippen molar-refractivity contribution >= 4 is 34.0 Å². The Hall–Kier alpha value is -3.03. The van der Waals surface area contributed by atoms with Gasteiger partial charge in [-0.3, -0.25) is 14.5 Å². The number of benzene rings is 2. The predicted octanol–water partition coefficient (Wildman–Crippen LogP) is 4.86. The zero-order valence-corrected chi connectivity index (χ0v) is 19.2. The van der Waals surface area contributed by atoms with Crippen LogP contribution < -0.4 is 10.6 Å². The molecule has 166 valence electrons. The van der Waals surface area contributed by atoms with Gasteiger partial charge in [0.2, 0.25) is 11.8 Å². The molecule has 1 fully saturated rings. The van der Waals surface area contributed by atoms with E-state index >= 15 is 0 Å². The first-order valence-electron chi connectivity index (χ1n) is 10.9. The minimum atomic E-state index is -0.0838. The third-order valence-electron chi connectivity index (χ3n) is 5.52. The minimum absolute atomic E-state index is 0.0431. The highest BCUT2D eigenvalue weighted by atomic mass is 32.1. The van der Waals surface area contributed by atoms with E-state index in [4.69, 9.17) is 0 Å². The molecular formula is C25H28N4O2S. The lowest BCUT2D eigenvalue weighted by molar-refractivity contribution is -0.119. The van der Waals surface area contributed by atoms with Crippen molar-refractivity contribution in [3.63, 3.8) is 0 Å². The molecule has 7 heteroatoms. The fraction of sp³-hybridized carbons (Fsp3) is 0.320. The van der Waals surface area contributed by atoms with Crippen molar-refractivity contribution in [2.75, 3.05) is 23.7 Å². The zero-order chi connectivity index (χ0) is 22.5. The Morgan fingerprint density at radius 1 is 1.06 bits per heavy atom. The Bertz CT molecular complexity index is 1090. The number of carbonyl (C=O) groups excluding carboxylic acids is 2. The number of nitrogens with one attached hydrogen (secondary N) is 2. The van der Waals surface area contributed by atoms with Crippen LogP contribution in [0.1, 0.15) is 30.4 Å². The van der Waals surface area contributed by atoms with Crippen LogP contribution in [-0.4, -0.2) is 40.8 Å². The van der Waals surface area contributed by atoms with Crippen molar-refractivity contribution in [1.29, 1.82) is 0 Å². The van der Waals surface area contributed by atoms with E-state index in [2.05, 4.69) is 20.5 Å². The minimum Gasteiger partial charge on any atom is -0.325 e. The summed E-state index contributed by atoms with van der Waals surface area (Å²) in [6, 6.07) is 16.3. The molecule has 0 radical (unpaired) electrons. The normalized spacial score (nSPS) is 13.2. The summed E-state index contributed by atoms with van der Waals surface area (Å²) in [5.74, 6) is -0.127. The smallest absolute Gasteiger partial charge is 0.238 e. The summed E-state index contributed by atoms with van der Waals surface area (Å²) in [5, 5.41) is 8.46. The molecule has 32 heavy (non-hydrogen) atoms. The highest BCUT2D eigenvalue weighted by Crippen LogP contribution is 2.28. The van der Waals surface area contributed by atoms with Crippen LogP contribution in [0.15, 0.2) is 53.9 Å². The zero-order valence-electron chi connectivity index (χ0n) is 18.4. The van der Waals surface area contributed by atoms with E-state index in [0.717, 1.165) is 40.9 Å². The topological polar surface area (TPSA) is 74.3 Å². The van der Waals surface area contributed by atoms with Crippen molar-refractivity contribution in [3.8, 4) is 11.3 Å². The molecule has 1 aliphatic carbocycles. The number of aromatic nitrogens is 1. The third-order valence-corrected chi connectivity index (χ3v) is 6.28. The standard InChI is InChI=1S/C25H28N4O2S/c1-17-8-9-18(2)21(14-17)26-24(31)15-29(20-10-11-20)13-12-23(30)28-25-27-22(16-32-25)19-6-4-3-5-7-19/h3-9,14,16,20H,10-13,15H2,1-2H3,(H,26,31)(H,27,28,30). The van der Waals surface area contributed by atoms with E-state index in [1.165, 1.54) is 11.3 Å². The monoisotopic (exact) mass is 448 g/mol. The van der Waals surface area contributed by atoms with Crippen LogP contribution in [0.4, 0.5) is 10.8 Å². The molecule has 1 aliphatic rings. The predicted molar refractivity (Wildman–Crippen MR) is 130 cm³/mol. The lowest BCUT2D eigenvalue weighted by Gasteiger charge is -2.21. The lowest BCUT2D eigenvalue weighted by atomic mass is 10.1. The summed E-state index contributed by atoms with van der Waals surface area (Å²) >= 11 is 1.42. The number of amides is 2. The Balaban J connectivity index is 1.28. The van der Waals surface area contributed by atoms with E-state index in [0.29, 0.717) is 30.7 Å². The molecule has 1 aromatic heterocycles. The van der Waals surface area contributed by atoms with Gasteiger partial charge in [0.1, 0.15) is 0 Å². The van der Waals surface area contributed by atoms with Gasteiger partial charge in [-0.05, 0) is 43.9 Å². The van der Waals surface area contributed by atoms with Crippen LogP contribution in [0.25, 0.3) is 11.3 Å².